The molecular formula is C37H41ClFNO5S2. The minimum atomic E-state index is -2.00. The van der Waals surface area contributed by atoms with E-state index >= 15 is 4.39 Å². The van der Waals surface area contributed by atoms with Crippen LogP contribution >= 0.6 is 35.1 Å². The Hall–Kier alpha value is -2.14. The number of alkyl halides is 2. The van der Waals surface area contributed by atoms with Crippen molar-refractivity contribution >= 4 is 51.7 Å². The van der Waals surface area contributed by atoms with Crippen LogP contribution in [0, 0.1) is 22.7 Å². The van der Waals surface area contributed by atoms with E-state index in [9.17, 15) is 14.7 Å². The zero-order chi connectivity index (χ0) is 33.2. The molecule has 4 fully saturated rings. The predicted molar refractivity (Wildman–Crippen MR) is 185 cm³/mol. The summed E-state index contributed by atoms with van der Waals surface area (Å²) in [6.45, 7) is 6.73. The van der Waals surface area contributed by atoms with Gasteiger partial charge in [0.05, 0.1) is 17.4 Å². The van der Waals surface area contributed by atoms with Crippen molar-refractivity contribution in [3.8, 4) is 0 Å². The molecule has 5 aliphatic rings. The number of aliphatic hydroxyl groups is 1. The SMILES string of the molecule is CCNc1ccc(SCc2ccc([C@@H]3O[C@@H]4C[C@H]5[C@@H]6CCC7=CC(=O)C=C[C@]7(C)[C@@]6(F)[C@@H](O)C[C@]5(C)[C@]4(C(=O)SCCl)O3)cc2)cc1. The molecule has 0 aromatic heterocycles. The molecule has 9 atom stereocenters. The van der Waals surface area contributed by atoms with Crippen LogP contribution in [0.3, 0.4) is 0 Å². The number of rotatable bonds is 8. The van der Waals surface area contributed by atoms with Crippen LogP contribution in [-0.4, -0.2) is 51.2 Å². The number of ketones is 1. The molecule has 7 rings (SSSR count). The maximum atomic E-state index is 17.7. The third kappa shape index (κ3) is 5.01. The van der Waals surface area contributed by atoms with E-state index in [1.807, 2.05) is 19.1 Å². The lowest BCUT2D eigenvalue weighted by molar-refractivity contribution is -0.228. The molecule has 250 valence electrons. The first-order valence-corrected chi connectivity index (χ1v) is 18.9. The summed E-state index contributed by atoms with van der Waals surface area (Å²) < 4.78 is 31.1. The van der Waals surface area contributed by atoms with Gasteiger partial charge in [0.25, 0.3) is 0 Å². The normalized spacial score (nSPS) is 38.6. The van der Waals surface area contributed by atoms with Crippen LogP contribution in [0.15, 0.2) is 77.2 Å². The van der Waals surface area contributed by atoms with Gasteiger partial charge in [-0.05, 0) is 87.4 Å². The van der Waals surface area contributed by atoms with E-state index < -0.39 is 46.5 Å². The third-order valence-corrected chi connectivity index (χ3v) is 13.8. The number of aliphatic hydroxyl groups excluding tert-OH is 1. The van der Waals surface area contributed by atoms with Crippen molar-refractivity contribution in [2.24, 2.45) is 22.7 Å². The van der Waals surface area contributed by atoms with Crippen LogP contribution in [0.1, 0.15) is 63.9 Å². The summed E-state index contributed by atoms with van der Waals surface area (Å²) in [5.74, 6) is -0.179. The Bertz CT molecular complexity index is 1620. The van der Waals surface area contributed by atoms with Crippen molar-refractivity contribution in [3.63, 3.8) is 0 Å². The largest absolute Gasteiger partial charge is 0.390 e. The molecule has 0 bridgehead atoms. The smallest absolute Gasteiger partial charge is 0.225 e. The van der Waals surface area contributed by atoms with Crippen LogP contribution in [-0.2, 0) is 24.8 Å². The number of anilines is 1. The lowest BCUT2D eigenvalue weighted by atomic mass is 9.45. The number of nitrogens with one attached hydrogen (secondary N) is 1. The molecule has 0 amide bonds. The fourth-order valence-corrected chi connectivity index (χ4v) is 11.3. The second-order valence-electron chi connectivity index (χ2n) is 13.9. The van der Waals surface area contributed by atoms with Crippen molar-refractivity contribution < 1.29 is 28.6 Å². The number of carbonyl (C=O) groups excluding carboxylic acids is 2. The number of benzene rings is 2. The summed E-state index contributed by atoms with van der Waals surface area (Å²) in [4.78, 5) is 27.5. The van der Waals surface area contributed by atoms with Gasteiger partial charge in [0.15, 0.2) is 23.3 Å². The summed E-state index contributed by atoms with van der Waals surface area (Å²) >= 11 is 8.85. The summed E-state index contributed by atoms with van der Waals surface area (Å²) in [6, 6.07) is 16.5. The molecule has 0 unspecified atom stereocenters. The molecule has 6 nitrogen and oxygen atoms in total. The van der Waals surface area contributed by atoms with Crippen LogP contribution in [0.4, 0.5) is 10.1 Å². The van der Waals surface area contributed by atoms with Crippen molar-refractivity contribution in [1.29, 1.82) is 0 Å². The Morgan fingerprint density at radius 2 is 1.87 bits per heavy atom. The van der Waals surface area contributed by atoms with E-state index in [-0.39, 0.29) is 28.4 Å². The topological polar surface area (TPSA) is 84.9 Å². The Morgan fingerprint density at radius 1 is 1.13 bits per heavy atom. The molecule has 2 aromatic rings. The number of halogens is 2. The molecule has 4 aliphatic carbocycles. The third-order valence-electron chi connectivity index (χ3n) is 11.8. The Labute approximate surface area is 289 Å². The zero-order valence-corrected chi connectivity index (χ0v) is 29.2. The lowest BCUT2D eigenvalue weighted by Gasteiger charge is -2.62. The Balaban J connectivity index is 1.13. The fraction of sp³-hybridized carbons (Fsp3) is 0.514. The number of allylic oxidation sites excluding steroid dienone is 4. The van der Waals surface area contributed by atoms with Gasteiger partial charge >= 0.3 is 0 Å². The number of carbonyl (C=O) groups is 2. The van der Waals surface area contributed by atoms with E-state index in [0.717, 1.165) is 46.4 Å². The molecule has 2 aromatic carbocycles. The average Bonchev–Trinajstić information content (AvgIpc) is 3.56. The molecule has 1 saturated heterocycles. The van der Waals surface area contributed by atoms with Gasteiger partial charge in [-0.25, -0.2) is 4.39 Å². The van der Waals surface area contributed by atoms with E-state index in [4.69, 9.17) is 21.1 Å². The second-order valence-corrected chi connectivity index (χ2v) is 16.5. The summed E-state index contributed by atoms with van der Waals surface area (Å²) in [5.41, 5.74) is -1.61. The first kappa shape index (κ1) is 33.4. The van der Waals surface area contributed by atoms with Crippen molar-refractivity contribution in [2.75, 3.05) is 17.1 Å². The molecular weight excluding hydrogens is 657 g/mol. The molecule has 0 radical (unpaired) electrons. The van der Waals surface area contributed by atoms with Gasteiger partial charge in [0.1, 0.15) is 0 Å². The maximum Gasteiger partial charge on any atom is 0.225 e. The van der Waals surface area contributed by atoms with Crippen LogP contribution in [0.2, 0.25) is 0 Å². The van der Waals surface area contributed by atoms with Crippen LogP contribution < -0.4 is 5.32 Å². The second kappa shape index (κ2) is 12.3. The minimum absolute atomic E-state index is 0.0299. The standard InChI is InChI=1S/C37H41ClFNO5S2/c1-4-40-25-10-12-27(13-11-25)46-20-22-5-7-23(8-6-22)32-44-31-18-29-28-14-9-24-17-26(41)15-16-34(24,2)36(28,39)30(42)19-35(29,3)37(31,45-32)33(43)47-21-38/h5-8,10-13,15-17,28-32,40,42H,4,9,14,18-21H2,1-3H3/t28-,29-,30-,31+,32+,34-,35-,36-,37-/m0/s1. The lowest BCUT2D eigenvalue weighted by Crippen LogP contribution is -2.69. The Kier molecular flexibility index (Phi) is 8.75. The highest BCUT2D eigenvalue weighted by atomic mass is 35.5. The number of hydrogen-bond donors (Lipinski definition) is 2. The number of hydrogen-bond acceptors (Lipinski definition) is 8. The summed E-state index contributed by atoms with van der Waals surface area (Å²) in [6.07, 6.45) is 3.32. The number of fused-ring (bicyclic) bond motifs is 7. The van der Waals surface area contributed by atoms with Gasteiger partial charge < -0.3 is 19.9 Å². The van der Waals surface area contributed by atoms with E-state index in [1.54, 1.807) is 24.8 Å². The molecule has 1 aliphatic heterocycles. The van der Waals surface area contributed by atoms with Gasteiger partial charge in [0.2, 0.25) is 5.12 Å². The van der Waals surface area contributed by atoms with Gasteiger partial charge in [-0.1, -0.05) is 54.6 Å². The predicted octanol–water partition coefficient (Wildman–Crippen LogP) is 8.00. The fourth-order valence-electron chi connectivity index (χ4n) is 9.42. The Morgan fingerprint density at radius 3 is 2.57 bits per heavy atom. The van der Waals surface area contributed by atoms with Crippen molar-refractivity contribution in [3.05, 3.63) is 83.5 Å². The monoisotopic (exact) mass is 697 g/mol. The first-order chi connectivity index (χ1) is 22.5. The molecule has 0 spiro atoms. The zero-order valence-electron chi connectivity index (χ0n) is 26.8. The summed E-state index contributed by atoms with van der Waals surface area (Å²) in [5, 5.41) is 14.9. The average molecular weight is 698 g/mol. The maximum absolute atomic E-state index is 17.7. The number of ether oxygens (including phenoxy) is 2. The van der Waals surface area contributed by atoms with Gasteiger partial charge in [-0.15, -0.1) is 23.4 Å². The minimum Gasteiger partial charge on any atom is -0.390 e. The molecule has 1 heterocycles. The number of thioether (sulfide) groups is 2. The van der Waals surface area contributed by atoms with Gasteiger partial charge in [-0.3, -0.25) is 9.59 Å². The molecule has 2 N–H and O–H groups in total. The highest BCUT2D eigenvalue weighted by Crippen LogP contribution is 2.72. The van der Waals surface area contributed by atoms with Crippen LogP contribution in [0.5, 0.6) is 0 Å². The van der Waals surface area contributed by atoms with Gasteiger partial charge in [0, 0.05) is 45.2 Å². The highest BCUT2D eigenvalue weighted by Gasteiger charge is 2.79. The van der Waals surface area contributed by atoms with Crippen molar-refractivity contribution in [2.45, 2.75) is 86.9 Å². The van der Waals surface area contributed by atoms with E-state index in [2.05, 4.69) is 48.6 Å². The first-order valence-electron chi connectivity index (χ1n) is 16.4. The van der Waals surface area contributed by atoms with E-state index in [0.29, 0.717) is 19.3 Å². The quantitative estimate of drug-likeness (QED) is 0.212. The van der Waals surface area contributed by atoms with Crippen LogP contribution in [0.25, 0.3) is 0 Å². The molecule has 47 heavy (non-hydrogen) atoms. The molecule has 10 heteroatoms. The highest BCUT2D eigenvalue weighted by molar-refractivity contribution is 8.14. The van der Waals surface area contributed by atoms with Gasteiger partial charge in [-0.2, -0.15) is 0 Å². The van der Waals surface area contributed by atoms with E-state index in [1.165, 1.54) is 17.0 Å². The molecule has 3 saturated carbocycles. The van der Waals surface area contributed by atoms with Crippen molar-refractivity contribution in [1.82, 2.24) is 0 Å². The summed E-state index contributed by atoms with van der Waals surface area (Å²) in [7, 11) is 0.